The summed E-state index contributed by atoms with van der Waals surface area (Å²) in [5, 5.41) is 0. The molecule has 0 amide bonds. The average molecular weight is 396 g/mol. The molecule has 1 aromatic heterocycles. The van der Waals surface area contributed by atoms with Crippen LogP contribution in [-0.2, 0) is 0 Å². The molecule has 0 atom stereocenters. The molecule has 4 heteroatoms. The number of ketones is 1. The van der Waals surface area contributed by atoms with Crippen molar-refractivity contribution in [3.63, 3.8) is 0 Å². The Hall–Kier alpha value is -3.66. The Labute approximate surface area is 176 Å². The van der Waals surface area contributed by atoms with E-state index in [0.29, 0.717) is 17.0 Å². The lowest BCUT2D eigenvalue weighted by Crippen LogP contribution is -2.21. The molecule has 0 spiro atoms. The number of imidazole rings is 1. The Bertz CT molecular complexity index is 1140. The summed E-state index contributed by atoms with van der Waals surface area (Å²) in [5.41, 5.74) is 5.09. The topological polar surface area (TPSA) is 49.0 Å². The Balaban J connectivity index is 1.77. The number of benzene rings is 3. The van der Waals surface area contributed by atoms with Crippen LogP contribution in [0, 0.1) is 0 Å². The van der Waals surface area contributed by atoms with E-state index < -0.39 is 0 Å². The number of fused-ring (bicyclic) bond motifs is 1. The molecular formula is C26H25N3O. The van der Waals surface area contributed by atoms with Gasteiger partial charge in [-0.3, -0.25) is 4.79 Å². The minimum Gasteiger partial charge on any atom is -0.372 e. The van der Waals surface area contributed by atoms with Crippen molar-refractivity contribution in [3.05, 3.63) is 95.8 Å². The lowest BCUT2D eigenvalue weighted by molar-refractivity contribution is 0.105. The molecule has 150 valence electrons. The first-order valence-electron chi connectivity index (χ1n) is 10.3. The van der Waals surface area contributed by atoms with Gasteiger partial charge in [0.05, 0.1) is 16.6 Å². The number of allylic oxidation sites excluding steroid dienone is 1. The van der Waals surface area contributed by atoms with Gasteiger partial charge in [0.25, 0.3) is 0 Å². The first kappa shape index (κ1) is 19.6. The number of anilines is 1. The lowest BCUT2D eigenvalue weighted by Gasteiger charge is -2.20. The van der Waals surface area contributed by atoms with Crippen LogP contribution in [0.2, 0.25) is 0 Å². The fourth-order valence-electron chi connectivity index (χ4n) is 3.60. The van der Waals surface area contributed by atoms with Gasteiger partial charge in [-0.25, -0.2) is 4.98 Å². The van der Waals surface area contributed by atoms with Crippen LogP contribution in [0.4, 0.5) is 5.69 Å². The van der Waals surface area contributed by atoms with Gasteiger partial charge in [-0.05, 0) is 49.8 Å². The predicted octanol–water partition coefficient (Wildman–Crippen LogP) is 5.83. The molecule has 0 radical (unpaired) electrons. The number of Topliss-reactive ketones (excluding diaryl/α,β-unsaturated/α-hetero) is 1. The average Bonchev–Trinajstić information content (AvgIpc) is 3.23. The van der Waals surface area contributed by atoms with E-state index in [1.54, 1.807) is 0 Å². The number of carbonyl (C=O) groups is 1. The van der Waals surface area contributed by atoms with Crippen LogP contribution in [0.1, 0.15) is 35.6 Å². The Morgan fingerprint density at radius 3 is 2.23 bits per heavy atom. The molecule has 4 aromatic rings. The van der Waals surface area contributed by atoms with E-state index in [4.69, 9.17) is 0 Å². The molecule has 4 rings (SSSR count). The van der Waals surface area contributed by atoms with Gasteiger partial charge < -0.3 is 9.88 Å². The molecule has 0 unspecified atom stereocenters. The van der Waals surface area contributed by atoms with E-state index in [1.165, 1.54) is 5.69 Å². The quantitative estimate of drug-likeness (QED) is 0.316. The van der Waals surface area contributed by atoms with Gasteiger partial charge in [-0.15, -0.1) is 0 Å². The number of rotatable bonds is 7. The first-order chi connectivity index (χ1) is 14.7. The summed E-state index contributed by atoms with van der Waals surface area (Å²) >= 11 is 0. The first-order valence-corrected chi connectivity index (χ1v) is 10.3. The molecule has 3 aromatic carbocycles. The number of hydrogen-bond acceptors (Lipinski definition) is 3. The maximum absolute atomic E-state index is 13.4. The maximum atomic E-state index is 13.4. The second kappa shape index (κ2) is 8.78. The number of hydrogen-bond donors (Lipinski definition) is 1. The molecule has 0 aliphatic heterocycles. The Morgan fingerprint density at radius 1 is 0.900 bits per heavy atom. The van der Waals surface area contributed by atoms with Gasteiger partial charge in [0, 0.05) is 24.3 Å². The Kier molecular flexibility index (Phi) is 5.75. The van der Waals surface area contributed by atoms with Crippen LogP contribution in [0.15, 0.2) is 78.9 Å². The van der Waals surface area contributed by atoms with Crippen LogP contribution in [0.25, 0.3) is 22.7 Å². The molecule has 0 fully saturated rings. The number of H-pyrrole nitrogens is 1. The number of aromatic nitrogens is 2. The van der Waals surface area contributed by atoms with Crippen LogP contribution in [-0.4, -0.2) is 28.8 Å². The van der Waals surface area contributed by atoms with Crippen LogP contribution in [0.5, 0.6) is 0 Å². The van der Waals surface area contributed by atoms with E-state index in [1.807, 2.05) is 60.7 Å². The Morgan fingerprint density at radius 2 is 1.57 bits per heavy atom. The smallest absolute Gasteiger partial charge is 0.196 e. The third kappa shape index (κ3) is 4.03. The summed E-state index contributed by atoms with van der Waals surface area (Å²) in [7, 11) is 0. The van der Waals surface area contributed by atoms with Gasteiger partial charge in [-0.2, -0.15) is 0 Å². The van der Waals surface area contributed by atoms with Crippen molar-refractivity contribution in [3.8, 4) is 0 Å². The maximum Gasteiger partial charge on any atom is 0.196 e. The fraction of sp³-hybridized carbons (Fsp3) is 0.154. The summed E-state index contributed by atoms with van der Waals surface area (Å²) in [6.45, 7) is 6.22. The second-order valence-corrected chi connectivity index (χ2v) is 7.12. The van der Waals surface area contributed by atoms with Gasteiger partial charge in [-0.1, -0.05) is 54.6 Å². The molecule has 0 saturated carbocycles. The molecule has 0 aliphatic carbocycles. The SMILES string of the molecule is CCN(CC)c1ccc(/C=C(/C(=O)c2ccccc2)c2nc3ccccc3[nH]2)cc1. The highest BCUT2D eigenvalue weighted by atomic mass is 16.1. The predicted molar refractivity (Wildman–Crippen MR) is 125 cm³/mol. The largest absolute Gasteiger partial charge is 0.372 e. The van der Waals surface area contributed by atoms with E-state index in [0.717, 1.165) is 29.7 Å². The zero-order valence-electron chi connectivity index (χ0n) is 17.3. The molecule has 1 N–H and O–H groups in total. The molecule has 0 saturated heterocycles. The van der Waals surface area contributed by atoms with Crippen molar-refractivity contribution >= 4 is 34.2 Å². The van der Waals surface area contributed by atoms with E-state index in [9.17, 15) is 4.79 Å². The molecular weight excluding hydrogens is 370 g/mol. The third-order valence-electron chi connectivity index (χ3n) is 5.26. The third-order valence-corrected chi connectivity index (χ3v) is 5.26. The van der Waals surface area contributed by atoms with Gasteiger partial charge in [0.1, 0.15) is 5.82 Å². The number of nitrogens with one attached hydrogen (secondary N) is 1. The fourth-order valence-corrected chi connectivity index (χ4v) is 3.60. The van der Waals surface area contributed by atoms with Crippen LogP contribution in [0.3, 0.4) is 0 Å². The van der Waals surface area contributed by atoms with E-state index in [2.05, 4.69) is 53.0 Å². The molecule has 4 nitrogen and oxygen atoms in total. The monoisotopic (exact) mass is 395 g/mol. The molecule has 1 heterocycles. The highest BCUT2D eigenvalue weighted by Gasteiger charge is 2.18. The van der Waals surface area contributed by atoms with Gasteiger partial charge in [0.2, 0.25) is 0 Å². The van der Waals surface area contributed by atoms with E-state index in [-0.39, 0.29) is 5.78 Å². The van der Waals surface area contributed by atoms with E-state index >= 15 is 0 Å². The van der Waals surface area contributed by atoms with Crippen molar-refractivity contribution in [1.82, 2.24) is 9.97 Å². The number of para-hydroxylation sites is 2. The second-order valence-electron chi connectivity index (χ2n) is 7.12. The minimum atomic E-state index is -0.0533. The van der Waals surface area contributed by atoms with Gasteiger partial charge in [0.15, 0.2) is 5.78 Å². The summed E-state index contributed by atoms with van der Waals surface area (Å²) in [4.78, 5) is 23.6. The lowest BCUT2D eigenvalue weighted by atomic mass is 10.00. The molecule has 0 bridgehead atoms. The summed E-state index contributed by atoms with van der Waals surface area (Å²) in [6.07, 6.45) is 1.92. The van der Waals surface area contributed by atoms with Gasteiger partial charge >= 0.3 is 0 Å². The summed E-state index contributed by atoms with van der Waals surface area (Å²) in [5.74, 6) is 0.528. The number of nitrogens with zero attached hydrogens (tertiary/aromatic N) is 2. The minimum absolute atomic E-state index is 0.0533. The molecule has 0 aliphatic rings. The summed E-state index contributed by atoms with van der Waals surface area (Å²) in [6, 6.07) is 25.4. The standard InChI is InChI=1S/C26H25N3O/c1-3-29(4-2)21-16-14-19(15-17-21)18-22(25(30)20-10-6-5-7-11-20)26-27-23-12-8-9-13-24(23)28-26/h5-18H,3-4H2,1-2H3,(H,27,28)/b22-18-. The van der Waals surface area contributed by atoms with Crippen LogP contribution >= 0.6 is 0 Å². The van der Waals surface area contributed by atoms with Crippen molar-refractivity contribution in [2.24, 2.45) is 0 Å². The van der Waals surface area contributed by atoms with Crippen molar-refractivity contribution in [2.45, 2.75) is 13.8 Å². The highest BCUT2D eigenvalue weighted by Crippen LogP contribution is 2.24. The molecule has 30 heavy (non-hydrogen) atoms. The van der Waals surface area contributed by atoms with Crippen molar-refractivity contribution < 1.29 is 4.79 Å². The zero-order valence-corrected chi connectivity index (χ0v) is 17.3. The van der Waals surface area contributed by atoms with Crippen LogP contribution < -0.4 is 4.90 Å². The number of aromatic amines is 1. The highest BCUT2D eigenvalue weighted by molar-refractivity contribution is 6.31. The van der Waals surface area contributed by atoms with Crippen molar-refractivity contribution in [2.75, 3.05) is 18.0 Å². The summed E-state index contributed by atoms with van der Waals surface area (Å²) < 4.78 is 0. The normalized spacial score (nSPS) is 11.6. The van der Waals surface area contributed by atoms with Crippen molar-refractivity contribution in [1.29, 1.82) is 0 Å². The number of carbonyl (C=O) groups excluding carboxylic acids is 1. The zero-order chi connectivity index (χ0) is 20.9.